The van der Waals surface area contributed by atoms with E-state index in [1.165, 1.54) is 6.42 Å². The maximum atomic E-state index is 5.50. The third kappa shape index (κ3) is 0.724. The van der Waals surface area contributed by atoms with Gasteiger partial charge in [-0.3, -0.25) is 0 Å². The van der Waals surface area contributed by atoms with Gasteiger partial charge < -0.3 is 4.74 Å². The molecule has 0 aromatic carbocycles. The predicted octanol–water partition coefficient (Wildman–Crippen LogP) is 1.66. The summed E-state index contributed by atoms with van der Waals surface area (Å²) in [5.41, 5.74) is 0.0278. The average Bonchev–Trinajstić information content (AvgIpc) is 2.45. The summed E-state index contributed by atoms with van der Waals surface area (Å²) in [6.07, 6.45) is 10.9. The number of hydrogen-bond acceptors (Lipinski definition) is 1. The molecule has 1 aliphatic heterocycles. The smallest absolute Gasteiger partial charge is 0.105 e. The third-order valence-corrected chi connectivity index (χ3v) is 1.95. The number of rotatable bonds is 0. The minimum Gasteiger partial charge on any atom is -0.363 e. The number of allylic oxidation sites excluding steroid dienone is 1. The van der Waals surface area contributed by atoms with Crippen molar-refractivity contribution in [2.75, 3.05) is 6.61 Å². The fourth-order valence-electron chi connectivity index (χ4n) is 1.43. The SMILES string of the molecule is C1=C[C@@]2(C=CCO2)CC1. The van der Waals surface area contributed by atoms with Crippen molar-refractivity contribution in [3.63, 3.8) is 0 Å². The van der Waals surface area contributed by atoms with E-state index < -0.39 is 0 Å². The lowest BCUT2D eigenvalue weighted by molar-refractivity contribution is 0.0658. The van der Waals surface area contributed by atoms with E-state index in [-0.39, 0.29) is 5.60 Å². The molecule has 0 aromatic rings. The second-order valence-electron chi connectivity index (χ2n) is 2.61. The Hall–Kier alpha value is -0.560. The van der Waals surface area contributed by atoms with Crippen LogP contribution in [0.1, 0.15) is 12.8 Å². The minimum atomic E-state index is 0.0278. The first-order valence-corrected chi connectivity index (χ1v) is 3.41. The molecule has 0 saturated carbocycles. The summed E-state index contributed by atoms with van der Waals surface area (Å²) in [6.45, 7) is 0.796. The highest BCUT2D eigenvalue weighted by Gasteiger charge is 2.29. The molecule has 1 nitrogen and oxygen atoms in total. The zero-order valence-electron chi connectivity index (χ0n) is 5.34. The van der Waals surface area contributed by atoms with Gasteiger partial charge in [-0.25, -0.2) is 0 Å². The Kier molecular flexibility index (Phi) is 0.995. The zero-order valence-corrected chi connectivity index (χ0v) is 5.34. The Morgan fingerprint density at radius 2 is 2.11 bits per heavy atom. The molecule has 0 radical (unpaired) electrons. The number of ether oxygens (including phenoxy) is 1. The number of hydrogen-bond donors (Lipinski definition) is 0. The quantitative estimate of drug-likeness (QED) is 0.444. The van der Waals surface area contributed by atoms with Gasteiger partial charge in [-0.2, -0.15) is 0 Å². The predicted molar refractivity (Wildman–Crippen MR) is 36.2 cm³/mol. The molecule has 0 unspecified atom stereocenters. The Balaban J connectivity index is 2.23. The highest BCUT2D eigenvalue weighted by molar-refractivity contribution is 5.22. The molecule has 0 fully saturated rings. The van der Waals surface area contributed by atoms with Crippen LogP contribution in [0.25, 0.3) is 0 Å². The first-order valence-electron chi connectivity index (χ1n) is 3.41. The normalized spacial score (nSPS) is 39.1. The Morgan fingerprint density at radius 3 is 2.67 bits per heavy atom. The summed E-state index contributed by atoms with van der Waals surface area (Å²) in [4.78, 5) is 0. The highest BCUT2D eigenvalue weighted by Crippen LogP contribution is 2.30. The molecule has 1 atom stereocenters. The van der Waals surface area contributed by atoms with E-state index in [2.05, 4.69) is 24.3 Å². The molecule has 1 heterocycles. The third-order valence-electron chi connectivity index (χ3n) is 1.95. The maximum absolute atomic E-state index is 5.50. The van der Waals surface area contributed by atoms with Crippen molar-refractivity contribution in [2.45, 2.75) is 18.4 Å². The van der Waals surface area contributed by atoms with E-state index in [9.17, 15) is 0 Å². The molecular weight excluding hydrogens is 112 g/mol. The summed E-state index contributed by atoms with van der Waals surface area (Å²) in [6, 6.07) is 0. The van der Waals surface area contributed by atoms with Crippen LogP contribution in [0.15, 0.2) is 24.3 Å². The molecule has 2 aliphatic rings. The van der Waals surface area contributed by atoms with Crippen LogP contribution in [0.4, 0.5) is 0 Å². The molecule has 1 spiro atoms. The van der Waals surface area contributed by atoms with Crippen molar-refractivity contribution in [3.05, 3.63) is 24.3 Å². The largest absolute Gasteiger partial charge is 0.363 e. The molecule has 1 aliphatic carbocycles. The molecule has 0 aromatic heterocycles. The van der Waals surface area contributed by atoms with Crippen LogP contribution < -0.4 is 0 Å². The monoisotopic (exact) mass is 122 g/mol. The van der Waals surface area contributed by atoms with Crippen LogP contribution in [0.3, 0.4) is 0 Å². The van der Waals surface area contributed by atoms with Crippen LogP contribution in [0, 0.1) is 0 Å². The van der Waals surface area contributed by atoms with Crippen LogP contribution in [0.2, 0.25) is 0 Å². The lowest BCUT2D eigenvalue weighted by Gasteiger charge is -2.17. The van der Waals surface area contributed by atoms with Crippen molar-refractivity contribution in [2.24, 2.45) is 0 Å². The molecule has 0 amide bonds. The zero-order chi connectivity index (χ0) is 6.16. The summed E-state index contributed by atoms with van der Waals surface area (Å²) in [5, 5.41) is 0. The van der Waals surface area contributed by atoms with Gasteiger partial charge in [-0.15, -0.1) is 0 Å². The fraction of sp³-hybridized carbons (Fsp3) is 0.500. The Morgan fingerprint density at radius 1 is 1.22 bits per heavy atom. The van der Waals surface area contributed by atoms with Gasteiger partial charge in [0.2, 0.25) is 0 Å². The topological polar surface area (TPSA) is 9.23 Å². The molecule has 0 N–H and O–H groups in total. The summed E-state index contributed by atoms with van der Waals surface area (Å²) in [7, 11) is 0. The summed E-state index contributed by atoms with van der Waals surface area (Å²) in [5.74, 6) is 0. The van der Waals surface area contributed by atoms with Crippen LogP contribution in [0.5, 0.6) is 0 Å². The van der Waals surface area contributed by atoms with Gasteiger partial charge in [0.05, 0.1) is 6.61 Å². The molecule has 0 saturated heterocycles. The van der Waals surface area contributed by atoms with Crippen molar-refractivity contribution in [1.29, 1.82) is 0 Å². The molecular formula is C8H10O. The minimum absolute atomic E-state index is 0.0278. The summed E-state index contributed by atoms with van der Waals surface area (Å²) >= 11 is 0. The Labute approximate surface area is 55.0 Å². The van der Waals surface area contributed by atoms with Gasteiger partial charge in [-0.1, -0.05) is 24.3 Å². The van der Waals surface area contributed by atoms with E-state index in [1.54, 1.807) is 0 Å². The van der Waals surface area contributed by atoms with Gasteiger partial charge in [0.15, 0.2) is 0 Å². The molecule has 9 heavy (non-hydrogen) atoms. The average molecular weight is 122 g/mol. The standard InChI is InChI=1S/C8H10O/c1-2-5-8(4-1)6-3-7-9-8/h1,3-4,6H,2,5,7H2/t8-/m0/s1. The lowest BCUT2D eigenvalue weighted by atomic mass is 10.1. The first-order chi connectivity index (χ1) is 4.41. The van der Waals surface area contributed by atoms with Gasteiger partial charge in [0, 0.05) is 0 Å². The molecule has 48 valence electrons. The fourth-order valence-corrected chi connectivity index (χ4v) is 1.43. The van der Waals surface area contributed by atoms with Crippen LogP contribution in [-0.2, 0) is 4.74 Å². The van der Waals surface area contributed by atoms with Gasteiger partial charge in [0.25, 0.3) is 0 Å². The molecule has 2 rings (SSSR count). The van der Waals surface area contributed by atoms with E-state index in [0.717, 1.165) is 13.0 Å². The maximum Gasteiger partial charge on any atom is 0.105 e. The second kappa shape index (κ2) is 1.71. The van der Waals surface area contributed by atoms with Gasteiger partial charge >= 0.3 is 0 Å². The van der Waals surface area contributed by atoms with Crippen molar-refractivity contribution < 1.29 is 4.74 Å². The van der Waals surface area contributed by atoms with E-state index >= 15 is 0 Å². The first kappa shape index (κ1) is 5.24. The van der Waals surface area contributed by atoms with Crippen LogP contribution in [-0.4, -0.2) is 12.2 Å². The second-order valence-corrected chi connectivity index (χ2v) is 2.61. The van der Waals surface area contributed by atoms with Gasteiger partial charge in [-0.05, 0) is 12.8 Å². The Bertz CT molecular complexity index is 147. The molecule has 0 bridgehead atoms. The van der Waals surface area contributed by atoms with Gasteiger partial charge in [0.1, 0.15) is 5.60 Å². The van der Waals surface area contributed by atoms with Crippen molar-refractivity contribution in [3.8, 4) is 0 Å². The highest BCUT2D eigenvalue weighted by atomic mass is 16.5. The summed E-state index contributed by atoms with van der Waals surface area (Å²) < 4.78 is 5.50. The molecule has 1 heteroatoms. The van der Waals surface area contributed by atoms with Crippen molar-refractivity contribution >= 4 is 0 Å². The van der Waals surface area contributed by atoms with Crippen molar-refractivity contribution in [1.82, 2.24) is 0 Å². The van der Waals surface area contributed by atoms with Crippen LogP contribution >= 0.6 is 0 Å². The van der Waals surface area contributed by atoms with E-state index in [1.807, 2.05) is 0 Å². The van der Waals surface area contributed by atoms with E-state index in [4.69, 9.17) is 4.74 Å². The van der Waals surface area contributed by atoms with E-state index in [0.29, 0.717) is 0 Å². The lowest BCUT2D eigenvalue weighted by Crippen LogP contribution is -2.20.